The molecule has 0 aliphatic rings. The molecule has 1 heterocycles. The molecular formula is C12H14N2O4. The predicted molar refractivity (Wildman–Crippen MR) is 63.6 cm³/mol. The van der Waals surface area contributed by atoms with Crippen molar-refractivity contribution < 1.29 is 20.4 Å². The lowest BCUT2D eigenvalue weighted by Crippen LogP contribution is -2.35. The predicted octanol–water partition coefficient (Wildman–Crippen LogP) is -0.623. The summed E-state index contributed by atoms with van der Waals surface area (Å²) in [6.45, 7) is -0.640. The van der Waals surface area contributed by atoms with Crippen LogP contribution in [0.15, 0.2) is 30.5 Å². The van der Waals surface area contributed by atoms with Crippen molar-refractivity contribution >= 4 is 11.0 Å². The molecular weight excluding hydrogens is 236 g/mol. The zero-order chi connectivity index (χ0) is 13.1. The summed E-state index contributed by atoms with van der Waals surface area (Å²) in [6.07, 6.45) is -3.00. The normalized spacial score (nSPS) is 16.4. The number of aliphatic hydroxyl groups is 4. The molecule has 4 N–H and O–H groups in total. The van der Waals surface area contributed by atoms with Crippen LogP contribution in [-0.2, 0) is 0 Å². The van der Waals surface area contributed by atoms with Gasteiger partial charge in [0.1, 0.15) is 18.3 Å². The molecule has 18 heavy (non-hydrogen) atoms. The standard InChI is InChI=1S/C12H14N2O4/c15-6-10(16)12(18)11(17)9-5-13-7-3-1-2-4-8(7)14-9/h1-5,10-12,15-18H,6H2/t10-,11-,12-/m1/s1. The Morgan fingerprint density at radius 2 is 1.72 bits per heavy atom. The van der Waals surface area contributed by atoms with Crippen LogP contribution in [0.5, 0.6) is 0 Å². The van der Waals surface area contributed by atoms with Crippen LogP contribution in [0.3, 0.4) is 0 Å². The highest BCUT2D eigenvalue weighted by Gasteiger charge is 2.26. The molecule has 96 valence electrons. The molecule has 3 atom stereocenters. The van der Waals surface area contributed by atoms with E-state index in [1.807, 2.05) is 6.07 Å². The number of rotatable bonds is 4. The first-order valence-electron chi connectivity index (χ1n) is 5.50. The molecule has 6 nitrogen and oxygen atoms in total. The highest BCUT2D eigenvalue weighted by molar-refractivity contribution is 5.73. The fraction of sp³-hybridized carbons (Fsp3) is 0.333. The lowest BCUT2D eigenvalue weighted by Gasteiger charge is -2.20. The summed E-state index contributed by atoms with van der Waals surface area (Å²) in [6, 6.07) is 7.11. The smallest absolute Gasteiger partial charge is 0.126 e. The van der Waals surface area contributed by atoms with Gasteiger partial charge in [-0.2, -0.15) is 0 Å². The van der Waals surface area contributed by atoms with Crippen molar-refractivity contribution in [2.24, 2.45) is 0 Å². The third-order valence-corrected chi connectivity index (χ3v) is 2.67. The van der Waals surface area contributed by atoms with Crippen molar-refractivity contribution in [3.05, 3.63) is 36.2 Å². The molecule has 0 aliphatic carbocycles. The summed E-state index contributed by atoms with van der Waals surface area (Å²) in [5, 5.41) is 37.4. The monoisotopic (exact) mass is 250 g/mol. The lowest BCUT2D eigenvalue weighted by molar-refractivity contribution is -0.0789. The van der Waals surface area contributed by atoms with E-state index in [2.05, 4.69) is 9.97 Å². The summed E-state index contributed by atoms with van der Waals surface area (Å²) in [4.78, 5) is 8.24. The maximum absolute atomic E-state index is 9.83. The maximum atomic E-state index is 9.83. The molecule has 0 saturated heterocycles. The van der Waals surface area contributed by atoms with Crippen LogP contribution in [0.2, 0.25) is 0 Å². The second-order valence-corrected chi connectivity index (χ2v) is 3.97. The van der Waals surface area contributed by atoms with Crippen LogP contribution < -0.4 is 0 Å². The summed E-state index contributed by atoms with van der Waals surface area (Å²) < 4.78 is 0. The molecule has 2 rings (SSSR count). The minimum atomic E-state index is -1.51. The topological polar surface area (TPSA) is 107 Å². The molecule has 0 aliphatic heterocycles. The molecule has 0 fully saturated rings. The molecule has 1 aromatic heterocycles. The number of fused-ring (bicyclic) bond motifs is 1. The van der Waals surface area contributed by atoms with Gasteiger partial charge in [-0.25, -0.2) is 4.98 Å². The minimum absolute atomic E-state index is 0.147. The Bertz CT molecular complexity index is 534. The van der Waals surface area contributed by atoms with Gasteiger partial charge < -0.3 is 20.4 Å². The molecule has 2 aromatic rings. The van der Waals surface area contributed by atoms with E-state index < -0.39 is 24.9 Å². The molecule has 0 bridgehead atoms. The van der Waals surface area contributed by atoms with Crippen molar-refractivity contribution in [3.8, 4) is 0 Å². The average Bonchev–Trinajstić information content (AvgIpc) is 2.44. The van der Waals surface area contributed by atoms with Gasteiger partial charge in [0.15, 0.2) is 0 Å². The lowest BCUT2D eigenvalue weighted by atomic mass is 10.1. The number of aromatic nitrogens is 2. The first kappa shape index (κ1) is 12.8. The molecule has 6 heteroatoms. The van der Waals surface area contributed by atoms with Gasteiger partial charge in [0.05, 0.1) is 29.5 Å². The number of hydrogen-bond donors (Lipinski definition) is 4. The average molecular weight is 250 g/mol. The van der Waals surface area contributed by atoms with Crippen molar-refractivity contribution in [1.29, 1.82) is 0 Å². The third kappa shape index (κ3) is 2.46. The largest absolute Gasteiger partial charge is 0.394 e. The summed E-state index contributed by atoms with van der Waals surface area (Å²) in [5.74, 6) is 0. The van der Waals surface area contributed by atoms with E-state index in [1.165, 1.54) is 6.20 Å². The van der Waals surface area contributed by atoms with Gasteiger partial charge in [-0.15, -0.1) is 0 Å². The summed E-state index contributed by atoms with van der Waals surface area (Å²) in [5.41, 5.74) is 1.40. The highest BCUT2D eigenvalue weighted by atomic mass is 16.4. The summed E-state index contributed by atoms with van der Waals surface area (Å²) >= 11 is 0. The van der Waals surface area contributed by atoms with Crippen LogP contribution in [0, 0.1) is 0 Å². The van der Waals surface area contributed by atoms with Gasteiger partial charge >= 0.3 is 0 Å². The van der Waals surface area contributed by atoms with E-state index in [0.717, 1.165) is 0 Å². The number of benzene rings is 1. The fourth-order valence-electron chi connectivity index (χ4n) is 1.61. The molecule has 0 amide bonds. The van der Waals surface area contributed by atoms with E-state index in [9.17, 15) is 15.3 Å². The number of aliphatic hydroxyl groups excluding tert-OH is 4. The van der Waals surface area contributed by atoms with Crippen LogP contribution in [0.4, 0.5) is 0 Å². The van der Waals surface area contributed by atoms with Gasteiger partial charge in [0, 0.05) is 0 Å². The third-order valence-electron chi connectivity index (χ3n) is 2.67. The SMILES string of the molecule is OC[C@@H](O)[C@@H](O)[C@H](O)c1cnc2ccccc2n1. The number of hydrogen-bond acceptors (Lipinski definition) is 6. The van der Waals surface area contributed by atoms with Crippen molar-refractivity contribution in [2.45, 2.75) is 18.3 Å². The molecule has 0 unspecified atom stereocenters. The van der Waals surface area contributed by atoms with E-state index in [4.69, 9.17) is 5.11 Å². The minimum Gasteiger partial charge on any atom is -0.394 e. The Morgan fingerprint density at radius 3 is 2.39 bits per heavy atom. The summed E-state index contributed by atoms with van der Waals surface area (Å²) in [7, 11) is 0. The second-order valence-electron chi connectivity index (χ2n) is 3.97. The van der Waals surface area contributed by atoms with Gasteiger partial charge in [-0.1, -0.05) is 12.1 Å². The van der Waals surface area contributed by atoms with Crippen LogP contribution in [0.25, 0.3) is 11.0 Å². The Morgan fingerprint density at radius 1 is 1.06 bits per heavy atom. The zero-order valence-corrected chi connectivity index (χ0v) is 9.51. The highest BCUT2D eigenvalue weighted by Crippen LogP contribution is 2.18. The Balaban J connectivity index is 2.30. The molecule has 0 saturated carbocycles. The van der Waals surface area contributed by atoms with Crippen molar-refractivity contribution in [3.63, 3.8) is 0 Å². The van der Waals surface area contributed by atoms with Crippen LogP contribution >= 0.6 is 0 Å². The fourth-order valence-corrected chi connectivity index (χ4v) is 1.61. The molecule has 0 spiro atoms. The van der Waals surface area contributed by atoms with Gasteiger partial charge in [0.2, 0.25) is 0 Å². The first-order valence-corrected chi connectivity index (χ1v) is 5.50. The Kier molecular flexibility index (Phi) is 3.83. The number of para-hydroxylation sites is 2. The maximum Gasteiger partial charge on any atom is 0.126 e. The van der Waals surface area contributed by atoms with Crippen LogP contribution in [-0.4, -0.2) is 49.2 Å². The van der Waals surface area contributed by atoms with Gasteiger partial charge in [-0.3, -0.25) is 4.98 Å². The van der Waals surface area contributed by atoms with Gasteiger partial charge in [0.25, 0.3) is 0 Å². The van der Waals surface area contributed by atoms with E-state index >= 15 is 0 Å². The van der Waals surface area contributed by atoms with Gasteiger partial charge in [-0.05, 0) is 12.1 Å². The Labute approximate surface area is 103 Å². The second kappa shape index (κ2) is 5.36. The van der Waals surface area contributed by atoms with Crippen LogP contribution in [0.1, 0.15) is 11.8 Å². The van der Waals surface area contributed by atoms with E-state index in [-0.39, 0.29) is 5.69 Å². The Hall–Kier alpha value is -1.60. The zero-order valence-electron chi connectivity index (χ0n) is 9.51. The molecule has 0 radical (unpaired) electrons. The van der Waals surface area contributed by atoms with E-state index in [1.54, 1.807) is 18.2 Å². The van der Waals surface area contributed by atoms with Crippen molar-refractivity contribution in [1.82, 2.24) is 9.97 Å². The van der Waals surface area contributed by atoms with E-state index in [0.29, 0.717) is 11.0 Å². The van der Waals surface area contributed by atoms with Crippen molar-refractivity contribution in [2.75, 3.05) is 6.61 Å². The number of nitrogens with zero attached hydrogens (tertiary/aromatic N) is 2. The quantitative estimate of drug-likeness (QED) is 0.576. The molecule has 1 aromatic carbocycles. The first-order chi connectivity index (χ1) is 8.63.